The number of hydrogen-bond donors (Lipinski definition) is 1. The first-order valence-electron chi connectivity index (χ1n) is 15.9. The maximum Gasteiger partial charge on any atom is 0.303 e. The molecule has 210 valence electrons. The van der Waals surface area contributed by atoms with Crippen molar-refractivity contribution in [1.82, 2.24) is 0 Å². The number of carbonyl (C=O) groups excluding carboxylic acids is 1. The summed E-state index contributed by atoms with van der Waals surface area (Å²) < 4.78 is 0. The summed E-state index contributed by atoms with van der Waals surface area (Å²) in [6, 6.07) is 0. The van der Waals surface area contributed by atoms with Crippen LogP contribution in [0.3, 0.4) is 0 Å². The molecule has 0 saturated heterocycles. The number of aliphatic carboxylic acids is 1. The molecule has 3 heteroatoms. The van der Waals surface area contributed by atoms with Crippen molar-refractivity contribution in [3.8, 4) is 0 Å². The third-order valence-corrected chi connectivity index (χ3v) is 12.6. The Labute approximate surface area is 227 Å². The Balaban J connectivity index is 1.40. The van der Waals surface area contributed by atoms with E-state index in [0.29, 0.717) is 23.2 Å². The van der Waals surface area contributed by atoms with Crippen LogP contribution in [-0.4, -0.2) is 16.9 Å². The SMILES string of the molecule is CCC(CCC(C)C1CCC2C3CC=C4CC(CC(=O)CCC(=O)O)CCC4(C)C3CCC12C)C(C)C. The molecule has 0 bridgehead atoms. The second kappa shape index (κ2) is 11.5. The molecule has 37 heavy (non-hydrogen) atoms. The van der Waals surface area contributed by atoms with E-state index in [0.717, 1.165) is 54.3 Å². The average molecular weight is 513 g/mol. The zero-order valence-corrected chi connectivity index (χ0v) is 24.9. The maximum atomic E-state index is 12.4. The Bertz CT molecular complexity index is 857. The van der Waals surface area contributed by atoms with E-state index in [1.54, 1.807) is 5.57 Å². The minimum atomic E-state index is -0.862. The third kappa shape index (κ3) is 5.76. The molecule has 0 radical (unpaired) electrons. The second-order valence-corrected chi connectivity index (χ2v) is 14.7. The lowest BCUT2D eigenvalue weighted by molar-refractivity contribution is -0.138. The topological polar surface area (TPSA) is 54.4 Å². The van der Waals surface area contributed by atoms with Gasteiger partial charge in [-0.1, -0.05) is 66.0 Å². The second-order valence-electron chi connectivity index (χ2n) is 14.7. The molecule has 3 nitrogen and oxygen atoms in total. The molecule has 4 aliphatic rings. The predicted octanol–water partition coefficient (Wildman–Crippen LogP) is 9.10. The fourth-order valence-electron chi connectivity index (χ4n) is 10.2. The van der Waals surface area contributed by atoms with Gasteiger partial charge in [-0.05, 0) is 116 Å². The van der Waals surface area contributed by atoms with Crippen molar-refractivity contribution < 1.29 is 14.7 Å². The number of Topliss-reactive ketones (excluding diaryl/α,β-unsaturated/α-hetero) is 1. The van der Waals surface area contributed by atoms with Gasteiger partial charge in [0.15, 0.2) is 0 Å². The van der Waals surface area contributed by atoms with Gasteiger partial charge < -0.3 is 5.11 Å². The van der Waals surface area contributed by atoms with E-state index in [9.17, 15) is 9.59 Å². The van der Waals surface area contributed by atoms with Gasteiger partial charge in [0.25, 0.3) is 0 Å². The number of ketones is 1. The highest BCUT2D eigenvalue weighted by Gasteiger charge is 2.59. The van der Waals surface area contributed by atoms with Gasteiger partial charge in [-0.3, -0.25) is 9.59 Å². The Morgan fingerprint density at radius 1 is 1.00 bits per heavy atom. The van der Waals surface area contributed by atoms with E-state index in [2.05, 4.69) is 47.6 Å². The van der Waals surface area contributed by atoms with Crippen LogP contribution in [0.5, 0.6) is 0 Å². The molecule has 0 aromatic carbocycles. The van der Waals surface area contributed by atoms with Gasteiger partial charge in [-0.15, -0.1) is 0 Å². The largest absolute Gasteiger partial charge is 0.481 e. The van der Waals surface area contributed by atoms with Crippen molar-refractivity contribution in [1.29, 1.82) is 0 Å². The minimum absolute atomic E-state index is 0.0214. The van der Waals surface area contributed by atoms with E-state index >= 15 is 0 Å². The first-order valence-corrected chi connectivity index (χ1v) is 15.9. The zero-order chi connectivity index (χ0) is 27.0. The van der Waals surface area contributed by atoms with E-state index in [4.69, 9.17) is 5.11 Å². The number of rotatable bonds is 11. The number of carboxylic acid groups (broad SMARTS) is 1. The first kappa shape index (κ1) is 28.9. The van der Waals surface area contributed by atoms with Crippen LogP contribution in [0.15, 0.2) is 11.6 Å². The molecule has 0 aromatic heterocycles. The highest BCUT2D eigenvalue weighted by Crippen LogP contribution is 2.67. The van der Waals surface area contributed by atoms with Gasteiger partial charge in [0.1, 0.15) is 5.78 Å². The van der Waals surface area contributed by atoms with Gasteiger partial charge in [0.05, 0.1) is 6.42 Å². The van der Waals surface area contributed by atoms with E-state index < -0.39 is 5.97 Å². The summed E-state index contributed by atoms with van der Waals surface area (Å²) in [7, 11) is 0. The van der Waals surface area contributed by atoms with Crippen LogP contribution in [0.4, 0.5) is 0 Å². The van der Waals surface area contributed by atoms with Crippen molar-refractivity contribution in [3.05, 3.63) is 11.6 Å². The third-order valence-electron chi connectivity index (χ3n) is 12.6. The molecule has 0 aliphatic heterocycles. The fourth-order valence-corrected chi connectivity index (χ4v) is 10.2. The molecule has 1 N–H and O–H groups in total. The average Bonchev–Trinajstić information content (AvgIpc) is 3.20. The molecule has 0 spiro atoms. The lowest BCUT2D eigenvalue weighted by Gasteiger charge is -2.58. The summed E-state index contributed by atoms with van der Waals surface area (Å²) in [5.74, 6) is 5.67. The van der Waals surface area contributed by atoms with Crippen LogP contribution >= 0.6 is 0 Å². The van der Waals surface area contributed by atoms with Crippen molar-refractivity contribution in [3.63, 3.8) is 0 Å². The Kier molecular flexibility index (Phi) is 9.01. The van der Waals surface area contributed by atoms with Gasteiger partial charge in [0.2, 0.25) is 0 Å². The van der Waals surface area contributed by atoms with Crippen LogP contribution < -0.4 is 0 Å². The summed E-state index contributed by atoms with van der Waals surface area (Å²) in [4.78, 5) is 23.2. The summed E-state index contributed by atoms with van der Waals surface area (Å²) in [5, 5.41) is 8.91. The van der Waals surface area contributed by atoms with Crippen molar-refractivity contribution >= 4 is 11.8 Å². The van der Waals surface area contributed by atoms with Crippen molar-refractivity contribution in [2.45, 2.75) is 131 Å². The molecule has 9 atom stereocenters. The van der Waals surface area contributed by atoms with Crippen LogP contribution in [-0.2, 0) is 9.59 Å². The highest BCUT2D eigenvalue weighted by molar-refractivity contribution is 5.82. The van der Waals surface area contributed by atoms with E-state index in [-0.39, 0.29) is 18.6 Å². The van der Waals surface area contributed by atoms with E-state index in [1.807, 2.05) is 0 Å². The number of fused-ring (bicyclic) bond motifs is 5. The Morgan fingerprint density at radius 3 is 2.43 bits per heavy atom. The van der Waals surface area contributed by atoms with Crippen LogP contribution in [0.2, 0.25) is 0 Å². The molecule has 3 fully saturated rings. The van der Waals surface area contributed by atoms with Gasteiger partial charge in [0, 0.05) is 12.8 Å². The van der Waals surface area contributed by atoms with Crippen LogP contribution in [0.1, 0.15) is 131 Å². The number of carboxylic acids is 1. The summed E-state index contributed by atoms with van der Waals surface area (Å²) in [6.07, 6.45) is 17.8. The predicted molar refractivity (Wildman–Crippen MR) is 152 cm³/mol. The normalized spacial score (nSPS) is 38.8. The Morgan fingerprint density at radius 2 is 1.76 bits per heavy atom. The van der Waals surface area contributed by atoms with Gasteiger partial charge >= 0.3 is 5.97 Å². The number of carbonyl (C=O) groups is 2. The van der Waals surface area contributed by atoms with Gasteiger partial charge in [-0.2, -0.15) is 0 Å². The molecular weight excluding hydrogens is 456 g/mol. The summed E-state index contributed by atoms with van der Waals surface area (Å²) in [6.45, 7) is 15.0. The standard InChI is InChI=1S/C34H56O3/c1-7-25(22(2)3)9-8-23(4)29-13-14-30-28-12-10-26-20-24(21-27(35)11-15-32(36)37)16-18-33(26,5)31(28)17-19-34(29,30)6/h10,22-25,28-31H,7-9,11-21H2,1-6H3,(H,36,37). The number of hydrogen-bond acceptors (Lipinski definition) is 2. The minimum Gasteiger partial charge on any atom is -0.481 e. The fraction of sp³-hybridized carbons (Fsp3) is 0.882. The lowest BCUT2D eigenvalue weighted by Crippen LogP contribution is -2.50. The zero-order valence-electron chi connectivity index (χ0n) is 24.9. The van der Waals surface area contributed by atoms with Crippen molar-refractivity contribution in [2.24, 2.45) is 58.2 Å². The summed E-state index contributed by atoms with van der Waals surface area (Å²) in [5.41, 5.74) is 2.48. The molecule has 9 unspecified atom stereocenters. The quantitative estimate of drug-likeness (QED) is 0.281. The maximum absolute atomic E-state index is 12.4. The number of allylic oxidation sites excluding steroid dienone is 2. The summed E-state index contributed by atoms with van der Waals surface area (Å²) >= 11 is 0. The Hall–Kier alpha value is -1.12. The molecule has 0 aromatic rings. The molecule has 4 aliphatic carbocycles. The molecular formula is C34H56O3. The van der Waals surface area contributed by atoms with Crippen molar-refractivity contribution in [2.75, 3.05) is 0 Å². The monoisotopic (exact) mass is 512 g/mol. The molecule has 4 rings (SSSR count). The first-order chi connectivity index (χ1) is 17.5. The van der Waals surface area contributed by atoms with Gasteiger partial charge in [-0.25, -0.2) is 0 Å². The van der Waals surface area contributed by atoms with Crippen LogP contribution in [0, 0.1) is 58.2 Å². The smallest absolute Gasteiger partial charge is 0.303 e. The molecule has 3 saturated carbocycles. The molecule has 0 heterocycles. The highest BCUT2D eigenvalue weighted by atomic mass is 16.4. The van der Waals surface area contributed by atoms with Crippen LogP contribution in [0.25, 0.3) is 0 Å². The molecule has 0 amide bonds. The lowest BCUT2D eigenvalue weighted by atomic mass is 9.46. The van der Waals surface area contributed by atoms with E-state index in [1.165, 1.54) is 57.8 Å².